The van der Waals surface area contributed by atoms with Crippen molar-refractivity contribution in [3.63, 3.8) is 0 Å². The van der Waals surface area contributed by atoms with E-state index in [9.17, 15) is 0 Å². The highest BCUT2D eigenvalue weighted by Gasteiger charge is 2.30. The molecule has 0 aromatic heterocycles. The quantitative estimate of drug-likeness (QED) is 0.849. The average Bonchev–Trinajstić information content (AvgIpc) is 3.51. The molecule has 2 aromatic carbocycles. The highest BCUT2D eigenvalue weighted by molar-refractivity contribution is 5.31. The SMILES string of the molecule is CO.c1ccc(C(c2ccccc2)N2CCN(CC3CO3)CC2)cc1. The van der Waals surface area contributed by atoms with Crippen molar-refractivity contribution in [3.05, 3.63) is 71.8 Å². The summed E-state index contributed by atoms with van der Waals surface area (Å²) in [7, 11) is 1.00. The van der Waals surface area contributed by atoms with Crippen LogP contribution in [0.15, 0.2) is 60.7 Å². The molecule has 4 nitrogen and oxygen atoms in total. The summed E-state index contributed by atoms with van der Waals surface area (Å²) < 4.78 is 5.37. The lowest BCUT2D eigenvalue weighted by Gasteiger charge is -2.39. The first-order valence-corrected chi connectivity index (χ1v) is 9.03. The van der Waals surface area contributed by atoms with E-state index in [0.29, 0.717) is 12.1 Å². The maximum Gasteiger partial charge on any atom is 0.0936 e. The van der Waals surface area contributed by atoms with Gasteiger partial charge in [0.1, 0.15) is 0 Å². The van der Waals surface area contributed by atoms with Gasteiger partial charge >= 0.3 is 0 Å². The summed E-state index contributed by atoms with van der Waals surface area (Å²) in [6, 6.07) is 22.1. The largest absolute Gasteiger partial charge is 0.400 e. The van der Waals surface area contributed by atoms with Gasteiger partial charge in [0.05, 0.1) is 18.8 Å². The molecule has 0 radical (unpaired) electrons. The van der Waals surface area contributed by atoms with Crippen LogP contribution in [0.3, 0.4) is 0 Å². The number of piperazine rings is 1. The summed E-state index contributed by atoms with van der Waals surface area (Å²) in [5, 5.41) is 7.00. The lowest BCUT2D eigenvalue weighted by atomic mass is 9.96. The molecule has 0 amide bonds. The number of ether oxygens (including phenoxy) is 1. The summed E-state index contributed by atoms with van der Waals surface area (Å²) in [6.45, 7) is 6.56. The first-order valence-electron chi connectivity index (χ1n) is 9.03. The van der Waals surface area contributed by atoms with Crippen LogP contribution >= 0.6 is 0 Å². The van der Waals surface area contributed by atoms with Crippen molar-refractivity contribution >= 4 is 0 Å². The van der Waals surface area contributed by atoms with Crippen LogP contribution in [0.4, 0.5) is 0 Å². The minimum absolute atomic E-state index is 0.358. The molecule has 0 aliphatic carbocycles. The van der Waals surface area contributed by atoms with Crippen molar-refractivity contribution in [1.29, 1.82) is 0 Å². The van der Waals surface area contributed by atoms with Gasteiger partial charge in [0.15, 0.2) is 0 Å². The number of nitrogens with zero attached hydrogens (tertiary/aromatic N) is 2. The van der Waals surface area contributed by atoms with Gasteiger partial charge in [-0.15, -0.1) is 0 Å². The van der Waals surface area contributed by atoms with Crippen molar-refractivity contribution in [2.75, 3.05) is 46.4 Å². The molecule has 1 unspecified atom stereocenters. The Labute approximate surface area is 150 Å². The number of aliphatic hydroxyl groups excluding tert-OH is 1. The van der Waals surface area contributed by atoms with E-state index in [-0.39, 0.29) is 0 Å². The molecule has 4 rings (SSSR count). The standard InChI is InChI=1S/C20H24N2O.CH4O/c1-3-7-17(8-4-1)20(18-9-5-2-6-10-18)22-13-11-21(12-14-22)15-19-16-23-19;1-2/h1-10,19-20H,11-16H2;2H,1H3. The lowest BCUT2D eigenvalue weighted by molar-refractivity contribution is 0.104. The smallest absolute Gasteiger partial charge is 0.0936 e. The van der Waals surface area contributed by atoms with Crippen molar-refractivity contribution in [2.24, 2.45) is 0 Å². The second-order valence-corrected chi connectivity index (χ2v) is 6.52. The van der Waals surface area contributed by atoms with Crippen LogP contribution in [-0.2, 0) is 4.74 Å². The van der Waals surface area contributed by atoms with Gasteiger partial charge in [-0.1, -0.05) is 60.7 Å². The molecule has 0 spiro atoms. The van der Waals surface area contributed by atoms with Crippen LogP contribution in [-0.4, -0.2) is 67.5 Å². The van der Waals surface area contributed by atoms with E-state index in [1.807, 2.05) is 0 Å². The van der Waals surface area contributed by atoms with E-state index >= 15 is 0 Å². The van der Waals surface area contributed by atoms with E-state index in [1.54, 1.807) is 0 Å². The summed E-state index contributed by atoms with van der Waals surface area (Å²) >= 11 is 0. The second kappa shape index (κ2) is 9.11. The van der Waals surface area contributed by atoms with E-state index in [2.05, 4.69) is 70.5 Å². The number of aliphatic hydroxyl groups is 1. The predicted molar refractivity (Wildman–Crippen MR) is 101 cm³/mol. The van der Waals surface area contributed by atoms with Crippen LogP contribution in [0.25, 0.3) is 0 Å². The predicted octanol–water partition coefficient (Wildman–Crippen LogP) is 2.40. The fourth-order valence-electron chi connectivity index (χ4n) is 3.55. The third-order valence-electron chi connectivity index (χ3n) is 4.87. The van der Waals surface area contributed by atoms with Crippen molar-refractivity contribution in [1.82, 2.24) is 9.80 Å². The molecule has 1 N–H and O–H groups in total. The Bertz CT molecular complexity index is 569. The fraction of sp³-hybridized carbons (Fsp3) is 0.429. The number of hydrogen-bond donors (Lipinski definition) is 1. The zero-order valence-electron chi connectivity index (χ0n) is 14.9. The van der Waals surface area contributed by atoms with Crippen LogP contribution in [0.5, 0.6) is 0 Å². The zero-order valence-corrected chi connectivity index (χ0v) is 14.9. The van der Waals surface area contributed by atoms with E-state index in [0.717, 1.165) is 46.4 Å². The Morgan fingerprint density at radius 1 is 0.880 bits per heavy atom. The Morgan fingerprint density at radius 2 is 1.36 bits per heavy atom. The normalized spacial score (nSPS) is 20.8. The van der Waals surface area contributed by atoms with Crippen molar-refractivity contribution in [2.45, 2.75) is 12.1 Å². The van der Waals surface area contributed by atoms with Crippen molar-refractivity contribution in [3.8, 4) is 0 Å². The molecule has 2 saturated heterocycles. The number of rotatable bonds is 5. The highest BCUT2D eigenvalue weighted by Crippen LogP contribution is 2.29. The molecular weight excluding hydrogens is 312 g/mol. The van der Waals surface area contributed by atoms with Gasteiger partial charge < -0.3 is 9.84 Å². The minimum atomic E-state index is 0.358. The van der Waals surface area contributed by atoms with Gasteiger partial charge in [0.25, 0.3) is 0 Å². The summed E-state index contributed by atoms with van der Waals surface area (Å²) in [5.41, 5.74) is 2.77. The summed E-state index contributed by atoms with van der Waals surface area (Å²) in [6.07, 6.45) is 0.501. The van der Waals surface area contributed by atoms with Gasteiger partial charge in [-0.3, -0.25) is 9.80 Å². The molecule has 25 heavy (non-hydrogen) atoms. The van der Waals surface area contributed by atoms with E-state index in [4.69, 9.17) is 9.84 Å². The molecule has 0 bridgehead atoms. The Balaban J connectivity index is 0.000000880. The summed E-state index contributed by atoms with van der Waals surface area (Å²) in [4.78, 5) is 5.16. The Hall–Kier alpha value is -1.72. The third kappa shape index (κ3) is 4.89. The Kier molecular flexibility index (Phi) is 6.59. The van der Waals surface area contributed by atoms with Gasteiger partial charge in [0, 0.05) is 39.8 Å². The topological polar surface area (TPSA) is 39.2 Å². The number of epoxide rings is 1. The van der Waals surface area contributed by atoms with Gasteiger partial charge in [-0.05, 0) is 11.1 Å². The van der Waals surface area contributed by atoms with Crippen molar-refractivity contribution < 1.29 is 9.84 Å². The first-order chi connectivity index (χ1) is 12.4. The zero-order chi connectivity index (χ0) is 17.5. The molecule has 2 aromatic rings. The maximum atomic E-state index is 7.00. The molecule has 1 atom stereocenters. The number of hydrogen-bond acceptors (Lipinski definition) is 4. The third-order valence-corrected chi connectivity index (χ3v) is 4.87. The highest BCUT2D eigenvalue weighted by atomic mass is 16.6. The molecule has 0 saturated carbocycles. The summed E-state index contributed by atoms with van der Waals surface area (Å²) in [5.74, 6) is 0. The van der Waals surface area contributed by atoms with E-state index in [1.165, 1.54) is 11.1 Å². The van der Waals surface area contributed by atoms with Crippen LogP contribution < -0.4 is 0 Å². The minimum Gasteiger partial charge on any atom is -0.400 e. The Morgan fingerprint density at radius 3 is 1.80 bits per heavy atom. The van der Waals surface area contributed by atoms with Crippen LogP contribution in [0.1, 0.15) is 17.2 Å². The average molecular weight is 340 g/mol. The van der Waals surface area contributed by atoms with E-state index < -0.39 is 0 Å². The van der Waals surface area contributed by atoms with Gasteiger partial charge in [-0.25, -0.2) is 0 Å². The molecule has 2 fully saturated rings. The van der Waals surface area contributed by atoms with Gasteiger partial charge in [-0.2, -0.15) is 0 Å². The molecular formula is C21H28N2O2. The number of benzene rings is 2. The lowest BCUT2D eigenvalue weighted by Crippen LogP contribution is -2.48. The molecule has 4 heteroatoms. The molecule has 2 heterocycles. The molecule has 2 aliphatic heterocycles. The maximum absolute atomic E-state index is 7.00. The fourth-order valence-corrected chi connectivity index (χ4v) is 3.55. The monoisotopic (exact) mass is 340 g/mol. The molecule has 2 aliphatic rings. The van der Waals surface area contributed by atoms with Gasteiger partial charge in [0.2, 0.25) is 0 Å². The molecule has 134 valence electrons. The second-order valence-electron chi connectivity index (χ2n) is 6.52. The first kappa shape index (κ1) is 18.1. The van der Waals surface area contributed by atoms with Crippen LogP contribution in [0, 0.1) is 0 Å². The van der Waals surface area contributed by atoms with Crippen LogP contribution in [0.2, 0.25) is 0 Å².